The Hall–Kier alpha value is -1.88. The molecule has 0 aromatic heterocycles. The molecule has 0 spiro atoms. The van der Waals surface area contributed by atoms with Gasteiger partial charge in [-0.3, -0.25) is 9.59 Å². The van der Waals surface area contributed by atoms with E-state index < -0.39 is 17.9 Å². The first-order valence-electron chi connectivity index (χ1n) is 7.69. The molecule has 1 aliphatic rings. The topological polar surface area (TPSA) is 64.6 Å². The summed E-state index contributed by atoms with van der Waals surface area (Å²) in [6.45, 7) is 6.19. The zero-order valence-electron chi connectivity index (χ0n) is 13.2. The van der Waals surface area contributed by atoms with Gasteiger partial charge < -0.3 is 14.8 Å². The number of nitrogens with one attached hydrogen (secondary N) is 1. The summed E-state index contributed by atoms with van der Waals surface area (Å²) < 4.78 is 10.4. The minimum absolute atomic E-state index is 0.279. The summed E-state index contributed by atoms with van der Waals surface area (Å²) in [5, 5.41) is 3.34. The highest BCUT2D eigenvalue weighted by molar-refractivity contribution is 5.80. The lowest BCUT2D eigenvalue weighted by molar-refractivity contribution is -0.176. The third-order valence-corrected chi connectivity index (χ3v) is 4.05. The largest absolute Gasteiger partial charge is 0.466 e. The van der Waals surface area contributed by atoms with Crippen molar-refractivity contribution in [3.8, 4) is 0 Å². The average molecular weight is 305 g/mol. The number of esters is 2. The predicted octanol–water partition coefficient (Wildman–Crippen LogP) is 1.91. The molecule has 0 saturated carbocycles. The van der Waals surface area contributed by atoms with Crippen molar-refractivity contribution in [2.75, 3.05) is 6.61 Å². The molecule has 1 aromatic rings. The van der Waals surface area contributed by atoms with Crippen molar-refractivity contribution in [2.24, 2.45) is 11.8 Å². The first kappa shape index (κ1) is 16.5. The summed E-state index contributed by atoms with van der Waals surface area (Å²) >= 11 is 0. The molecule has 1 aromatic carbocycles. The van der Waals surface area contributed by atoms with E-state index >= 15 is 0 Å². The van der Waals surface area contributed by atoms with Crippen LogP contribution in [0.15, 0.2) is 30.3 Å². The van der Waals surface area contributed by atoms with Gasteiger partial charge in [0.2, 0.25) is 0 Å². The van der Waals surface area contributed by atoms with Crippen LogP contribution in [0, 0.1) is 11.8 Å². The molecule has 1 N–H and O–H groups in total. The molecule has 5 heteroatoms. The lowest BCUT2D eigenvalue weighted by Crippen LogP contribution is -2.56. The second kappa shape index (κ2) is 7.40. The van der Waals surface area contributed by atoms with Crippen LogP contribution in [0.3, 0.4) is 0 Å². The second-order valence-corrected chi connectivity index (χ2v) is 5.60. The van der Waals surface area contributed by atoms with Gasteiger partial charge in [0.15, 0.2) is 0 Å². The Morgan fingerprint density at radius 1 is 1.27 bits per heavy atom. The van der Waals surface area contributed by atoms with Crippen LogP contribution in [0.4, 0.5) is 0 Å². The maximum absolute atomic E-state index is 12.2. The minimum atomic E-state index is -0.490. The zero-order chi connectivity index (χ0) is 16.1. The molecule has 1 heterocycles. The van der Waals surface area contributed by atoms with Crippen LogP contribution in [0.2, 0.25) is 0 Å². The highest BCUT2D eigenvalue weighted by Gasteiger charge is 2.46. The van der Waals surface area contributed by atoms with E-state index in [0.717, 1.165) is 5.56 Å². The Balaban J connectivity index is 2.13. The zero-order valence-corrected chi connectivity index (χ0v) is 13.2. The van der Waals surface area contributed by atoms with Crippen molar-refractivity contribution in [1.29, 1.82) is 0 Å². The second-order valence-electron chi connectivity index (χ2n) is 5.60. The predicted molar refractivity (Wildman–Crippen MR) is 81.9 cm³/mol. The highest BCUT2D eigenvalue weighted by Crippen LogP contribution is 2.28. The number of cyclic esters (lactones) is 1. The number of rotatable bonds is 5. The molecular formula is C17H23NO4. The highest BCUT2D eigenvalue weighted by atomic mass is 16.6. The van der Waals surface area contributed by atoms with E-state index in [1.54, 1.807) is 20.8 Å². The van der Waals surface area contributed by atoms with Crippen molar-refractivity contribution in [2.45, 2.75) is 39.5 Å². The number of carbonyl (C=O) groups is 2. The summed E-state index contributed by atoms with van der Waals surface area (Å²) in [5.74, 6) is -1.48. The smallest absolute Gasteiger partial charge is 0.314 e. The van der Waals surface area contributed by atoms with Gasteiger partial charge in [-0.05, 0) is 19.4 Å². The van der Waals surface area contributed by atoms with Gasteiger partial charge >= 0.3 is 11.9 Å². The molecule has 5 nitrogen and oxygen atoms in total. The number of hydrogen-bond acceptors (Lipinski definition) is 5. The fraction of sp³-hybridized carbons (Fsp3) is 0.529. The molecule has 0 radical (unpaired) electrons. The molecule has 4 unspecified atom stereocenters. The van der Waals surface area contributed by atoms with Crippen LogP contribution < -0.4 is 5.32 Å². The van der Waals surface area contributed by atoms with Crippen molar-refractivity contribution < 1.29 is 19.1 Å². The average Bonchev–Trinajstić information content (AvgIpc) is 2.50. The van der Waals surface area contributed by atoms with Gasteiger partial charge in [0.25, 0.3) is 0 Å². The quantitative estimate of drug-likeness (QED) is 0.842. The van der Waals surface area contributed by atoms with Crippen LogP contribution in [0.25, 0.3) is 0 Å². The summed E-state index contributed by atoms with van der Waals surface area (Å²) in [7, 11) is 0. The van der Waals surface area contributed by atoms with Gasteiger partial charge in [-0.15, -0.1) is 0 Å². The molecule has 0 bridgehead atoms. The third-order valence-electron chi connectivity index (χ3n) is 4.05. The molecule has 2 rings (SSSR count). The normalized spacial score (nSPS) is 28.0. The summed E-state index contributed by atoms with van der Waals surface area (Å²) in [5.41, 5.74) is 1.10. The maximum Gasteiger partial charge on any atom is 0.314 e. The Bertz CT molecular complexity index is 517. The Morgan fingerprint density at radius 3 is 2.59 bits per heavy atom. The molecule has 4 atom stereocenters. The number of benzene rings is 1. The van der Waals surface area contributed by atoms with Crippen molar-refractivity contribution in [1.82, 2.24) is 5.32 Å². The van der Waals surface area contributed by atoms with Gasteiger partial charge in [-0.1, -0.05) is 37.3 Å². The Labute approximate surface area is 131 Å². The van der Waals surface area contributed by atoms with Crippen LogP contribution in [-0.4, -0.2) is 30.7 Å². The van der Waals surface area contributed by atoms with Gasteiger partial charge in [0.1, 0.15) is 12.0 Å². The number of ether oxygens (including phenoxy) is 2. The fourth-order valence-electron chi connectivity index (χ4n) is 2.83. The monoisotopic (exact) mass is 305 g/mol. The van der Waals surface area contributed by atoms with Gasteiger partial charge in [0, 0.05) is 12.6 Å². The van der Waals surface area contributed by atoms with Gasteiger partial charge in [-0.25, -0.2) is 0 Å². The number of hydrogen-bond donors (Lipinski definition) is 1. The molecule has 1 aliphatic heterocycles. The molecular weight excluding hydrogens is 282 g/mol. The van der Waals surface area contributed by atoms with Crippen molar-refractivity contribution in [3.05, 3.63) is 35.9 Å². The number of carbonyl (C=O) groups excluding carboxylic acids is 2. The van der Waals surface area contributed by atoms with Crippen molar-refractivity contribution >= 4 is 11.9 Å². The lowest BCUT2D eigenvalue weighted by Gasteiger charge is -2.38. The van der Waals surface area contributed by atoms with E-state index in [1.165, 1.54) is 0 Å². The van der Waals surface area contributed by atoms with Gasteiger partial charge in [-0.2, -0.15) is 0 Å². The van der Waals surface area contributed by atoms with Crippen molar-refractivity contribution in [3.63, 3.8) is 0 Å². The Kier molecular flexibility index (Phi) is 5.55. The molecule has 0 aliphatic carbocycles. The van der Waals surface area contributed by atoms with E-state index in [-0.39, 0.29) is 18.0 Å². The van der Waals surface area contributed by atoms with Crippen LogP contribution in [0.5, 0.6) is 0 Å². The standard InChI is InChI=1S/C17H23NO4/c1-4-21-17(20)14-12(3)22-16(19)11(2)15(14)18-10-13-8-6-5-7-9-13/h5-9,11-12,14-15,18H,4,10H2,1-3H3. The van der Waals surface area contributed by atoms with E-state index in [9.17, 15) is 9.59 Å². The van der Waals surface area contributed by atoms with E-state index in [4.69, 9.17) is 9.47 Å². The first-order chi connectivity index (χ1) is 10.5. The first-order valence-corrected chi connectivity index (χ1v) is 7.69. The summed E-state index contributed by atoms with van der Waals surface area (Å²) in [6, 6.07) is 9.58. The van der Waals surface area contributed by atoms with E-state index in [1.807, 2.05) is 30.3 Å². The summed E-state index contributed by atoms with van der Waals surface area (Å²) in [4.78, 5) is 24.2. The molecule has 22 heavy (non-hydrogen) atoms. The SMILES string of the molecule is CCOC(=O)C1C(C)OC(=O)C(C)C1NCc1ccccc1. The van der Waals surface area contributed by atoms with E-state index in [2.05, 4.69) is 5.32 Å². The molecule has 0 amide bonds. The molecule has 120 valence electrons. The van der Waals surface area contributed by atoms with Crippen LogP contribution in [-0.2, 0) is 25.6 Å². The third kappa shape index (κ3) is 3.65. The summed E-state index contributed by atoms with van der Waals surface area (Å²) in [6.07, 6.45) is -0.490. The lowest BCUT2D eigenvalue weighted by atomic mass is 9.83. The van der Waals surface area contributed by atoms with Gasteiger partial charge in [0.05, 0.1) is 12.5 Å². The fourth-order valence-corrected chi connectivity index (χ4v) is 2.83. The molecule has 1 saturated heterocycles. The minimum Gasteiger partial charge on any atom is -0.466 e. The van der Waals surface area contributed by atoms with E-state index in [0.29, 0.717) is 13.2 Å². The molecule has 1 fully saturated rings. The maximum atomic E-state index is 12.2. The van der Waals surface area contributed by atoms with Crippen LogP contribution >= 0.6 is 0 Å². The van der Waals surface area contributed by atoms with Crippen LogP contribution in [0.1, 0.15) is 26.3 Å². The Morgan fingerprint density at radius 2 is 1.95 bits per heavy atom.